The van der Waals surface area contributed by atoms with Crippen molar-refractivity contribution in [2.24, 2.45) is 0 Å². The first-order chi connectivity index (χ1) is 9.29. The molecule has 100 valence electrons. The maximum Gasteiger partial charge on any atom is 0.119 e. The van der Waals surface area contributed by atoms with Gasteiger partial charge in [-0.05, 0) is 48.5 Å². The first-order valence-corrected chi connectivity index (χ1v) is 7.03. The fourth-order valence-corrected chi connectivity index (χ4v) is 2.19. The molecule has 2 rings (SSSR count). The number of nitrogens with zero attached hydrogens (tertiary/aromatic N) is 1. The third kappa shape index (κ3) is 4.33. The van der Waals surface area contributed by atoms with E-state index >= 15 is 0 Å². The first kappa shape index (κ1) is 14.0. The van der Waals surface area contributed by atoms with Crippen molar-refractivity contribution in [1.82, 2.24) is 10.3 Å². The number of hydrogen-bond acceptors (Lipinski definition) is 3. The van der Waals surface area contributed by atoms with Crippen LogP contribution < -0.4 is 10.1 Å². The molecule has 0 aliphatic carbocycles. The fraction of sp³-hybridized carbons (Fsp3) is 0.267. The molecular formula is C15H17BrN2O. The largest absolute Gasteiger partial charge is 0.493 e. The van der Waals surface area contributed by atoms with Gasteiger partial charge in [0.2, 0.25) is 0 Å². The summed E-state index contributed by atoms with van der Waals surface area (Å²) in [6.45, 7) is 1.49. The first-order valence-electron chi connectivity index (χ1n) is 6.24. The molecule has 0 aliphatic heterocycles. The molecule has 0 radical (unpaired) electrons. The van der Waals surface area contributed by atoms with Crippen LogP contribution in [0.3, 0.4) is 0 Å². The van der Waals surface area contributed by atoms with Crippen LogP contribution in [0.2, 0.25) is 0 Å². The van der Waals surface area contributed by atoms with Crippen molar-refractivity contribution in [1.29, 1.82) is 0 Å². The molecule has 0 saturated carbocycles. The lowest BCUT2D eigenvalue weighted by atomic mass is 10.2. The van der Waals surface area contributed by atoms with E-state index in [-0.39, 0.29) is 0 Å². The van der Waals surface area contributed by atoms with Crippen LogP contribution in [0.4, 0.5) is 0 Å². The maximum absolute atomic E-state index is 5.78. The second-order valence-electron chi connectivity index (χ2n) is 4.24. The van der Waals surface area contributed by atoms with Gasteiger partial charge in [-0.15, -0.1) is 0 Å². The van der Waals surface area contributed by atoms with Gasteiger partial charge in [0, 0.05) is 29.8 Å². The standard InChI is InChI=1S/C15H17BrN2O/c1-17-11-13-10-14(2-3-15(13)16)19-9-6-12-4-7-18-8-5-12/h2-5,7-8,10,17H,6,9,11H2,1H3. The summed E-state index contributed by atoms with van der Waals surface area (Å²) >= 11 is 3.53. The van der Waals surface area contributed by atoms with E-state index in [1.54, 1.807) is 12.4 Å². The Hall–Kier alpha value is -1.39. The summed E-state index contributed by atoms with van der Waals surface area (Å²) in [7, 11) is 1.93. The number of rotatable bonds is 6. The second kappa shape index (κ2) is 7.26. The molecular weight excluding hydrogens is 304 g/mol. The van der Waals surface area contributed by atoms with Crippen LogP contribution in [0.15, 0.2) is 47.2 Å². The van der Waals surface area contributed by atoms with Crippen molar-refractivity contribution in [2.45, 2.75) is 13.0 Å². The molecule has 1 N–H and O–H groups in total. The van der Waals surface area contributed by atoms with Crippen molar-refractivity contribution in [3.8, 4) is 5.75 Å². The van der Waals surface area contributed by atoms with Gasteiger partial charge in [0.15, 0.2) is 0 Å². The highest BCUT2D eigenvalue weighted by Gasteiger charge is 2.02. The van der Waals surface area contributed by atoms with Crippen molar-refractivity contribution in [3.05, 3.63) is 58.3 Å². The monoisotopic (exact) mass is 320 g/mol. The normalized spacial score (nSPS) is 10.4. The molecule has 3 nitrogen and oxygen atoms in total. The minimum Gasteiger partial charge on any atom is -0.493 e. The number of ether oxygens (including phenoxy) is 1. The van der Waals surface area contributed by atoms with Gasteiger partial charge in [-0.2, -0.15) is 0 Å². The van der Waals surface area contributed by atoms with Crippen LogP contribution in [0.1, 0.15) is 11.1 Å². The molecule has 0 fully saturated rings. The van der Waals surface area contributed by atoms with Crippen LogP contribution in [0, 0.1) is 0 Å². The van der Waals surface area contributed by atoms with Crippen LogP contribution in [0.25, 0.3) is 0 Å². The van der Waals surface area contributed by atoms with Gasteiger partial charge in [-0.25, -0.2) is 0 Å². The summed E-state index contributed by atoms with van der Waals surface area (Å²) in [5.74, 6) is 0.905. The highest BCUT2D eigenvalue weighted by Crippen LogP contribution is 2.22. The lowest BCUT2D eigenvalue weighted by Gasteiger charge is -2.09. The van der Waals surface area contributed by atoms with Crippen molar-refractivity contribution < 1.29 is 4.74 Å². The van der Waals surface area contributed by atoms with E-state index in [0.29, 0.717) is 6.61 Å². The van der Waals surface area contributed by atoms with Gasteiger partial charge in [0.25, 0.3) is 0 Å². The molecule has 1 aromatic carbocycles. The number of aromatic nitrogens is 1. The summed E-state index contributed by atoms with van der Waals surface area (Å²) < 4.78 is 6.88. The second-order valence-corrected chi connectivity index (χ2v) is 5.09. The van der Waals surface area contributed by atoms with E-state index < -0.39 is 0 Å². The number of benzene rings is 1. The Bertz CT molecular complexity index is 517. The average molecular weight is 321 g/mol. The predicted molar refractivity (Wildman–Crippen MR) is 80.3 cm³/mol. The van der Waals surface area contributed by atoms with Gasteiger partial charge < -0.3 is 10.1 Å². The van der Waals surface area contributed by atoms with Crippen LogP contribution in [-0.2, 0) is 13.0 Å². The lowest BCUT2D eigenvalue weighted by molar-refractivity contribution is 0.321. The molecule has 0 bridgehead atoms. The summed E-state index contributed by atoms with van der Waals surface area (Å²) in [4.78, 5) is 4.00. The van der Waals surface area contributed by atoms with Gasteiger partial charge in [-0.3, -0.25) is 4.98 Å². The number of halogens is 1. The Kier molecular flexibility index (Phi) is 5.36. The number of nitrogens with one attached hydrogen (secondary N) is 1. The highest BCUT2D eigenvalue weighted by atomic mass is 79.9. The Morgan fingerprint density at radius 3 is 2.74 bits per heavy atom. The minimum atomic E-state index is 0.671. The predicted octanol–water partition coefficient (Wildman–Crippen LogP) is 3.19. The molecule has 1 aromatic heterocycles. The van der Waals surface area contributed by atoms with Gasteiger partial charge in [0.05, 0.1) is 6.61 Å². The number of hydrogen-bond donors (Lipinski definition) is 1. The summed E-state index contributed by atoms with van der Waals surface area (Å²) in [5.41, 5.74) is 2.44. The molecule has 19 heavy (non-hydrogen) atoms. The molecule has 0 atom stereocenters. The highest BCUT2D eigenvalue weighted by molar-refractivity contribution is 9.10. The molecule has 0 amide bonds. The Morgan fingerprint density at radius 1 is 1.21 bits per heavy atom. The number of pyridine rings is 1. The Labute approximate surface area is 122 Å². The van der Waals surface area contributed by atoms with E-state index in [1.807, 2.05) is 31.3 Å². The van der Waals surface area contributed by atoms with Crippen LogP contribution in [0.5, 0.6) is 5.75 Å². The summed E-state index contributed by atoms with van der Waals surface area (Å²) in [6.07, 6.45) is 4.50. The van der Waals surface area contributed by atoms with E-state index in [0.717, 1.165) is 23.2 Å². The molecule has 0 unspecified atom stereocenters. The van der Waals surface area contributed by atoms with Gasteiger partial charge in [-0.1, -0.05) is 15.9 Å². The maximum atomic E-state index is 5.78. The van der Waals surface area contributed by atoms with E-state index in [9.17, 15) is 0 Å². The molecule has 1 heterocycles. The van der Waals surface area contributed by atoms with Gasteiger partial charge >= 0.3 is 0 Å². The molecule has 2 aromatic rings. The molecule has 0 aliphatic rings. The van der Waals surface area contributed by atoms with Crippen molar-refractivity contribution in [2.75, 3.05) is 13.7 Å². The Balaban J connectivity index is 1.91. The van der Waals surface area contributed by atoms with Crippen LogP contribution in [-0.4, -0.2) is 18.6 Å². The topological polar surface area (TPSA) is 34.1 Å². The van der Waals surface area contributed by atoms with E-state index in [1.165, 1.54) is 11.1 Å². The third-order valence-electron chi connectivity index (χ3n) is 2.79. The smallest absolute Gasteiger partial charge is 0.119 e. The molecule has 0 spiro atoms. The van der Waals surface area contributed by atoms with Crippen molar-refractivity contribution in [3.63, 3.8) is 0 Å². The summed E-state index contributed by atoms with van der Waals surface area (Å²) in [6, 6.07) is 10.1. The molecule has 0 saturated heterocycles. The van der Waals surface area contributed by atoms with E-state index in [4.69, 9.17) is 4.74 Å². The zero-order chi connectivity index (χ0) is 13.5. The zero-order valence-corrected chi connectivity index (χ0v) is 12.5. The fourth-order valence-electron chi connectivity index (χ4n) is 1.80. The zero-order valence-electron chi connectivity index (χ0n) is 10.9. The quantitative estimate of drug-likeness (QED) is 0.887. The van der Waals surface area contributed by atoms with Crippen molar-refractivity contribution >= 4 is 15.9 Å². The van der Waals surface area contributed by atoms with Gasteiger partial charge in [0.1, 0.15) is 5.75 Å². The average Bonchev–Trinajstić information content (AvgIpc) is 2.44. The lowest BCUT2D eigenvalue weighted by Crippen LogP contribution is -2.07. The van der Waals surface area contributed by atoms with E-state index in [2.05, 4.69) is 32.3 Å². The third-order valence-corrected chi connectivity index (χ3v) is 3.57. The summed E-state index contributed by atoms with van der Waals surface area (Å²) in [5, 5.41) is 3.14. The minimum absolute atomic E-state index is 0.671. The molecule has 4 heteroatoms. The SMILES string of the molecule is CNCc1cc(OCCc2ccncc2)ccc1Br. The van der Waals surface area contributed by atoms with Crippen LogP contribution >= 0.6 is 15.9 Å². The Morgan fingerprint density at radius 2 is 2.00 bits per heavy atom.